The van der Waals surface area contributed by atoms with E-state index in [-0.39, 0.29) is 11.5 Å². The molecule has 0 bridgehead atoms. The van der Waals surface area contributed by atoms with Crippen LogP contribution in [0.3, 0.4) is 0 Å². The second-order valence-electron chi connectivity index (χ2n) is 5.15. The SMILES string of the molecule is Cn1c(=O)n(C)c2cc(C(N)c3ccccc3F)ccc21. The van der Waals surface area contributed by atoms with Gasteiger partial charge >= 0.3 is 5.69 Å². The fourth-order valence-electron chi connectivity index (χ4n) is 2.62. The number of hydrogen-bond donors (Lipinski definition) is 1. The van der Waals surface area contributed by atoms with Crippen molar-refractivity contribution in [3.63, 3.8) is 0 Å². The molecular formula is C16H16FN3O. The van der Waals surface area contributed by atoms with E-state index in [0.717, 1.165) is 16.6 Å². The van der Waals surface area contributed by atoms with E-state index >= 15 is 0 Å². The quantitative estimate of drug-likeness (QED) is 0.783. The minimum Gasteiger partial charge on any atom is -0.320 e. The zero-order valence-corrected chi connectivity index (χ0v) is 11.9. The zero-order valence-electron chi connectivity index (χ0n) is 11.9. The Morgan fingerprint density at radius 1 is 1.05 bits per heavy atom. The summed E-state index contributed by atoms with van der Waals surface area (Å²) in [7, 11) is 3.43. The van der Waals surface area contributed by atoms with Crippen molar-refractivity contribution in [2.75, 3.05) is 0 Å². The summed E-state index contributed by atoms with van der Waals surface area (Å²) >= 11 is 0. The van der Waals surface area contributed by atoms with Gasteiger partial charge in [0.2, 0.25) is 0 Å². The average Bonchev–Trinajstić information content (AvgIpc) is 2.71. The molecule has 1 aromatic heterocycles. The average molecular weight is 285 g/mol. The van der Waals surface area contributed by atoms with Crippen molar-refractivity contribution < 1.29 is 4.39 Å². The third-order valence-electron chi connectivity index (χ3n) is 3.90. The highest BCUT2D eigenvalue weighted by atomic mass is 19.1. The van der Waals surface area contributed by atoms with Gasteiger partial charge in [0.15, 0.2) is 0 Å². The van der Waals surface area contributed by atoms with Crippen molar-refractivity contribution in [1.29, 1.82) is 0 Å². The first-order valence-electron chi connectivity index (χ1n) is 6.66. The van der Waals surface area contributed by atoms with Crippen molar-refractivity contribution in [1.82, 2.24) is 9.13 Å². The third kappa shape index (κ3) is 2.06. The lowest BCUT2D eigenvalue weighted by molar-refractivity contribution is 0.600. The van der Waals surface area contributed by atoms with Crippen molar-refractivity contribution in [2.45, 2.75) is 6.04 Å². The van der Waals surface area contributed by atoms with Crippen LogP contribution in [-0.2, 0) is 14.1 Å². The second kappa shape index (κ2) is 4.86. The Bertz CT molecular complexity index is 879. The van der Waals surface area contributed by atoms with E-state index in [1.165, 1.54) is 6.07 Å². The molecule has 3 rings (SSSR count). The Kier molecular flexibility index (Phi) is 3.14. The van der Waals surface area contributed by atoms with Crippen LogP contribution in [0, 0.1) is 5.82 Å². The predicted molar refractivity (Wildman–Crippen MR) is 80.6 cm³/mol. The van der Waals surface area contributed by atoms with Crippen LogP contribution in [0.2, 0.25) is 0 Å². The normalized spacial score (nSPS) is 12.8. The summed E-state index contributed by atoms with van der Waals surface area (Å²) in [4.78, 5) is 11.9. The number of aromatic nitrogens is 2. The number of benzene rings is 2. The van der Waals surface area contributed by atoms with Gasteiger partial charge < -0.3 is 5.73 Å². The number of aryl methyl sites for hydroxylation is 2. The Morgan fingerprint density at radius 2 is 1.71 bits per heavy atom. The molecular weight excluding hydrogens is 269 g/mol. The van der Waals surface area contributed by atoms with E-state index in [1.54, 1.807) is 41.4 Å². The maximum atomic E-state index is 13.8. The molecule has 2 aromatic carbocycles. The maximum absolute atomic E-state index is 13.8. The number of rotatable bonds is 2. The molecule has 1 atom stereocenters. The molecule has 0 aliphatic carbocycles. The number of hydrogen-bond acceptors (Lipinski definition) is 2. The highest BCUT2D eigenvalue weighted by molar-refractivity contribution is 5.77. The molecule has 0 saturated carbocycles. The molecule has 0 amide bonds. The molecule has 3 aromatic rings. The van der Waals surface area contributed by atoms with E-state index < -0.39 is 6.04 Å². The Hall–Kier alpha value is -2.40. The van der Waals surface area contributed by atoms with E-state index in [1.807, 2.05) is 18.2 Å². The van der Waals surface area contributed by atoms with Crippen LogP contribution in [0.5, 0.6) is 0 Å². The van der Waals surface area contributed by atoms with E-state index in [4.69, 9.17) is 5.73 Å². The van der Waals surface area contributed by atoms with Crippen LogP contribution in [0.4, 0.5) is 4.39 Å². The molecule has 5 heteroatoms. The van der Waals surface area contributed by atoms with E-state index in [2.05, 4.69) is 0 Å². The molecule has 21 heavy (non-hydrogen) atoms. The van der Waals surface area contributed by atoms with Gasteiger partial charge in [-0.1, -0.05) is 24.3 Å². The molecule has 1 unspecified atom stereocenters. The van der Waals surface area contributed by atoms with Gasteiger partial charge in [0.05, 0.1) is 17.1 Å². The first-order valence-corrected chi connectivity index (χ1v) is 6.66. The Morgan fingerprint density at radius 3 is 2.43 bits per heavy atom. The fraction of sp³-hybridized carbons (Fsp3) is 0.188. The molecule has 108 valence electrons. The molecule has 2 N–H and O–H groups in total. The largest absolute Gasteiger partial charge is 0.328 e. The van der Waals surface area contributed by atoms with Gasteiger partial charge in [-0.2, -0.15) is 0 Å². The first-order chi connectivity index (χ1) is 10.0. The summed E-state index contributed by atoms with van der Waals surface area (Å²) < 4.78 is 17.0. The Labute approximate surface area is 121 Å². The molecule has 1 heterocycles. The zero-order chi connectivity index (χ0) is 15.1. The fourth-order valence-corrected chi connectivity index (χ4v) is 2.62. The van der Waals surface area contributed by atoms with Gasteiger partial charge in [-0.05, 0) is 23.8 Å². The molecule has 0 aliphatic rings. The first kappa shape index (κ1) is 13.6. The lowest BCUT2D eigenvalue weighted by Crippen LogP contribution is -2.19. The van der Waals surface area contributed by atoms with Gasteiger partial charge in [0, 0.05) is 19.7 Å². The van der Waals surface area contributed by atoms with E-state index in [9.17, 15) is 9.18 Å². The molecule has 0 fully saturated rings. The van der Waals surface area contributed by atoms with Crippen LogP contribution in [0.25, 0.3) is 11.0 Å². The highest BCUT2D eigenvalue weighted by Crippen LogP contribution is 2.24. The standard InChI is InChI=1S/C16H16FN3O/c1-19-13-8-7-10(9-14(13)20(2)16(19)21)15(18)11-5-3-4-6-12(11)17/h3-9,15H,18H2,1-2H3. The smallest absolute Gasteiger partial charge is 0.320 e. The van der Waals surface area contributed by atoms with Gasteiger partial charge in [-0.3, -0.25) is 9.13 Å². The van der Waals surface area contributed by atoms with Crippen LogP contribution in [0.1, 0.15) is 17.2 Å². The monoisotopic (exact) mass is 285 g/mol. The van der Waals surface area contributed by atoms with Crippen molar-refractivity contribution in [3.05, 3.63) is 69.9 Å². The summed E-state index contributed by atoms with van der Waals surface area (Å²) in [6, 6.07) is 11.4. The van der Waals surface area contributed by atoms with Crippen molar-refractivity contribution in [2.24, 2.45) is 19.8 Å². The molecule has 4 nitrogen and oxygen atoms in total. The predicted octanol–water partition coefficient (Wildman–Crippen LogP) is 2.06. The van der Waals surface area contributed by atoms with Crippen LogP contribution < -0.4 is 11.4 Å². The van der Waals surface area contributed by atoms with Crippen molar-refractivity contribution in [3.8, 4) is 0 Å². The lowest BCUT2D eigenvalue weighted by Gasteiger charge is -2.13. The summed E-state index contributed by atoms with van der Waals surface area (Å²) in [5, 5.41) is 0. The van der Waals surface area contributed by atoms with Gasteiger partial charge in [0.25, 0.3) is 0 Å². The van der Waals surface area contributed by atoms with Gasteiger partial charge in [-0.15, -0.1) is 0 Å². The summed E-state index contributed by atoms with van der Waals surface area (Å²) in [6.45, 7) is 0. The molecule has 0 saturated heterocycles. The summed E-state index contributed by atoms with van der Waals surface area (Å²) in [5.74, 6) is -0.327. The van der Waals surface area contributed by atoms with Crippen LogP contribution in [0.15, 0.2) is 47.3 Å². The molecule has 0 radical (unpaired) electrons. The molecule has 0 spiro atoms. The van der Waals surface area contributed by atoms with Gasteiger partial charge in [0.1, 0.15) is 5.82 Å². The third-order valence-corrected chi connectivity index (χ3v) is 3.90. The van der Waals surface area contributed by atoms with Crippen molar-refractivity contribution >= 4 is 11.0 Å². The summed E-state index contributed by atoms with van der Waals surface area (Å²) in [5.41, 5.74) is 8.90. The maximum Gasteiger partial charge on any atom is 0.328 e. The van der Waals surface area contributed by atoms with Crippen LogP contribution in [-0.4, -0.2) is 9.13 Å². The van der Waals surface area contributed by atoms with E-state index in [0.29, 0.717) is 5.56 Å². The molecule has 0 aliphatic heterocycles. The minimum absolute atomic E-state index is 0.0957. The number of imidazole rings is 1. The number of nitrogens with two attached hydrogens (primary N) is 1. The van der Waals surface area contributed by atoms with Crippen LogP contribution >= 0.6 is 0 Å². The van der Waals surface area contributed by atoms with Gasteiger partial charge in [-0.25, -0.2) is 9.18 Å². The Balaban J connectivity index is 2.16. The summed E-state index contributed by atoms with van der Waals surface area (Å²) in [6.07, 6.45) is 0. The lowest BCUT2D eigenvalue weighted by atomic mass is 9.99. The second-order valence-corrected chi connectivity index (χ2v) is 5.15. The number of nitrogens with zero attached hydrogens (tertiary/aromatic N) is 2. The minimum atomic E-state index is -0.564. The highest BCUT2D eigenvalue weighted by Gasteiger charge is 2.15. The number of halogens is 1. The topological polar surface area (TPSA) is 53.0 Å². The number of fused-ring (bicyclic) bond motifs is 1.